The van der Waals surface area contributed by atoms with Crippen LogP contribution in [0.25, 0.3) is 0 Å². The highest BCUT2D eigenvalue weighted by molar-refractivity contribution is 5.91. The monoisotopic (exact) mass is 348 g/mol. The first kappa shape index (κ1) is 18.9. The van der Waals surface area contributed by atoms with Crippen LogP contribution in [-0.2, 0) is 25.7 Å². The zero-order valence-electron chi connectivity index (χ0n) is 14.3. The molecule has 0 aromatic heterocycles. The molecule has 1 aromatic carbocycles. The van der Waals surface area contributed by atoms with Crippen molar-refractivity contribution in [2.45, 2.75) is 44.8 Å². The van der Waals surface area contributed by atoms with Gasteiger partial charge in [0.15, 0.2) is 0 Å². The smallest absolute Gasteiger partial charge is 0.326 e. The Morgan fingerprint density at radius 1 is 1.36 bits per heavy atom. The summed E-state index contributed by atoms with van der Waals surface area (Å²) in [5.41, 5.74) is 0.899. The summed E-state index contributed by atoms with van der Waals surface area (Å²) in [5, 5.41) is 11.8. The van der Waals surface area contributed by atoms with Gasteiger partial charge in [0.25, 0.3) is 0 Å². The molecule has 1 heterocycles. The minimum Gasteiger partial charge on any atom is -0.480 e. The summed E-state index contributed by atoms with van der Waals surface area (Å²) in [7, 11) is 0. The van der Waals surface area contributed by atoms with Crippen molar-refractivity contribution in [2.75, 3.05) is 13.2 Å². The van der Waals surface area contributed by atoms with E-state index in [1.165, 1.54) is 4.90 Å². The number of ether oxygens (including phenoxy) is 1. The molecule has 1 aliphatic heterocycles. The quantitative estimate of drug-likeness (QED) is 0.735. The summed E-state index contributed by atoms with van der Waals surface area (Å²) >= 11 is 0. The number of carbonyl (C=O) groups excluding carboxylic acids is 2. The number of nitrogens with one attached hydrogen (secondary N) is 1. The molecule has 0 bridgehead atoms. The molecule has 136 valence electrons. The second-order valence-corrected chi connectivity index (χ2v) is 6.08. The number of benzene rings is 1. The third kappa shape index (κ3) is 5.29. The Bertz CT molecular complexity index is 605. The largest absolute Gasteiger partial charge is 0.480 e. The fourth-order valence-corrected chi connectivity index (χ4v) is 2.73. The van der Waals surface area contributed by atoms with Gasteiger partial charge in [-0.25, -0.2) is 4.79 Å². The van der Waals surface area contributed by atoms with Crippen molar-refractivity contribution >= 4 is 17.8 Å². The molecular weight excluding hydrogens is 324 g/mol. The Balaban J connectivity index is 2.08. The summed E-state index contributed by atoms with van der Waals surface area (Å²) in [4.78, 5) is 37.6. The second-order valence-electron chi connectivity index (χ2n) is 6.08. The van der Waals surface area contributed by atoms with Crippen molar-refractivity contribution in [1.29, 1.82) is 0 Å². The van der Waals surface area contributed by atoms with Crippen LogP contribution in [0.5, 0.6) is 0 Å². The van der Waals surface area contributed by atoms with Gasteiger partial charge in [-0.05, 0) is 12.0 Å². The fraction of sp³-hybridized carbons (Fsp3) is 0.500. The van der Waals surface area contributed by atoms with E-state index in [0.29, 0.717) is 12.8 Å². The van der Waals surface area contributed by atoms with Crippen molar-refractivity contribution in [3.8, 4) is 0 Å². The maximum absolute atomic E-state index is 12.6. The maximum Gasteiger partial charge on any atom is 0.326 e. The lowest BCUT2D eigenvalue weighted by atomic mass is 10.1. The first-order valence-electron chi connectivity index (χ1n) is 8.47. The van der Waals surface area contributed by atoms with E-state index >= 15 is 0 Å². The molecule has 0 spiro atoms. The van der Waals surface area contributed by atoms with Crippen LogP contribution in [0.3, 0.4) is 0 Å². The molecule has 1 aliphatic rings. The zero-order valence-corrected chi connectivity index (χ0v) is 14.3. The van der Waals surface area contributed by atoms with Crippen LogP contribution in [0.2, 0.25) is 0 Å². The fourth-order valence-electron chi connectivity index (χ4n) is 2.73. The Morgan fingerprint density at radius 2 is 2.08 bits per heavy atom. The number of morpholine rings is 1. The summed E-state index contributed by atoms with van der Waals surface area (Å²) in [6.45, 7) is 2.23. The van der Waals surface area contributed by atoms with Crippen LogP contribution < -0.4 is 5.32 Å². The molecule has 2 amide bonds. The molecular formula is C18H24N2O5. The van der Waals surface area contributed by atoms with Crippen molar-refractivity contribution in [2.24, 2.45) is 0 Å². The highest BCUT2D eigenvalue weighted by Crippen LogP contribution is 2.14. The van der Waals surface area contributed by atoms with E-state index in [9.17, 15) is 19.5 Å². The third-order valence-electron chi connectivity index (χ3n) is 4.16. The normalized spacial score (nSPS) is 18.7. The molecule has 7 heteroatoms. The molecule has 2 rings (SSSR count). The standard InChI is InChI=1S/C18H24N2O5/c1-2-3-9-14(18(23)24)19-17(22)15-11-25-12-16(21)20(15)10-13-7-5-4-6-8-13/h4-8,14-15H,2-3,9-12H2,1H3,(H,19,22)(H,23,24)/t14?,15-/m1/s1. The maximum atomic E-state index is 12.6. The topological polar surface area (TPSA) is 95.9 Å². The van der Waals surface area contributed by atoms with Crippen LogP contribution in [0.1, 0.15) is 31.7 Å². The predicted octanol–water partition coefficient (Wildman–Crippen LogP) is 1.17. The van der Waals surface area contributed by atoms with Gasteiger partial charge >= 0.3 is 5.97 Å². The van der Waals surface area contributed by atoms with Crippen LogP contribution in [0.15, 0.2) is 30.3 Å². The van der Waals surface area contributed by atoms with Gasteiger partial charge in [0.05, 0.1) is 6.61 Å². The average molecular weight is 348 g/mol. The zero-order chi connectivity index (χ0) is 18.2. The highest BCUT2D eigenvalue weighted by Gasteiger charge is 2.35. The number of nitrogens with zero attached hydrogens (tertiary/aromatic N) is 1. The van der Waals surface area contributed by atoms with Crippen molar-refractivity contribution in [3.63, 3.8) is 0 Å². The van der Waals surface area contributed by atoms with Gasteiger partial charge in [0.1, 0.15) is 18.7 Å². The minimum atomic E-state index is -1.07. The summed E-state index contributed by atoms with van der Waals surface area (Å²) in [6.07, 6.45) is 1.90. The first-order valence-corrected chi connectivity index (χ1v) is 8.47. The number of carboxylic acid groups (broad SMARTS) is 1. The molecule has 1 fully saturated rings. The lowest BCUT2D eigenvalue weighted by molar-refractivity contribution is -0.156. The minimum absolute atomic E-state index is 0.0600. The van der Waals surface area contributed by atoms with E-state index in [-0.39, 0.29) is 25.7 Å². The van der Waals surface area contributed by atoms with Crippen LogP contribution in [0, 0.1) is 0 Å². The van der Waals surface area contributed by atoms with Crippen LogP contribution in [-0.4, -0.2) is 53.1 Å². The number of rotatable bonds is 8. The highest BCUT2D eigenvalue weighted by atomic mass is 16.5. The molecule has 0 aliphatic carbocycles. The van der Waals surface area contributed by atoms with Gasteiger partial charge in [-0.3, -0.25) is 9.59 Å². The van der Waals surface area contributed by atoms with Crippen molar-refractivity contribution < 1.29 is 24.2 Å². The van der Waals surface area contributed by atoms with E-state index in [0.717, 1.165) is 12.0 Å². The van der Waals surface area contributed by atoms with E-state index < -0.39 is 24.0 Å². The molecule has 25 heavy (non-hydrogen) atoms. The lowest BCUT2D eigenvalue weighted by Gasteiger charge is -2.35. The summed E-state index contributed by atoms with van der Waals surface area (Å²) < 4.78 is 5.21. The number of carbonyl (C=O) groups is 3. The van der Waals surface area contributed by atoms with Gasteiger partial charge in [-0.15, -0.1) is 0 Å². The van der Waals surface area contributed by atoms with Gasteiger partial charge in [0, 0.05) is 6.54 Å². The van der Waals surface area contributed by atoms with Gasteiger partial charge < -0.3 is 20.1 Å². The molecule has 1 saturated heterocycles. The van der Waals surface area contributed by atoms with Crippen molar-refractivity contribution in [3.05, 3.63) is 35.9 Å². The lowest BCUT2D eigenvalue weighted by Crippen LogP contribution is -2.58. The second kappa shape index (κ2) is 9.17. The van der Waals surface area contributed by atoms with Gasteiger partial charge in [-0.2, -0.15) is 0 Å². The summed E-state index contributed by atoms with van der Waals surface area (Å²) in [6, 6.07) is 7.56. The Morgan fingerprint density at radius 3 is 2.72 bits per heavy atom. The number of aliphatic carboxylic acids is 1. The number of hydrogen-bond acceptors (Lipinski definition) is 4. The van der Waals surface area contributed by atoms with Crippen LogP contribution in [0.4, 0.5) is 0 Å². The third-order valence-corrected chi connectivity index (χ3v) is 4.16. The number of carboxylic acids is 1. The Hall–Kier alpha value is -2.41. The number of unbranched alkanes of at least 4 members (excludes halogenated alkanes) is 1. The predicted molar refractivity (Wildman–Crippen MR) is 90.7 cm³/mol. The van der Waals surface area contributed by atoms with E-state index in [1.54, 1.807) is 0 Å². The van der Waals surface area contributed by atoms with Crippen molar-refractivity contribution in [1.82, 2.24) is 10.2 Å². The number of amides is 2. The summed E-state index contributed by atoms with van der Waals surface area (Å²) in [5.74, 6) is -1.84. The first-order chi connectivity index (χ1) is 12.0. The molecule has 0 radical (unpaired) electrons. The molecule has 1 aromatic rings. The molecule has 2 N–H and O–H groups in total. The van der Waals surface area contributed by atoms with E-state index in [4.69, 9.17) is 4.74 Å². The van der Waals surface area contributed by atoms with Crippen LogP contribution >= 0.6 is 0 Å². The molecule has 2 atom stereocenters. The average Bonchev–Trinajstić information content (AvgIpc) is 2.60. The van der Waals surface area contributed by atoms with E-state index in [2.05, 4.69) is 5.32 Å². The van der Waals surface area contributed by atoms with Gasteiger partial charge in [-0.1, -0.05) is 50.1 Å². The number of hydrogen-bond donors (Lipinski definition) is 2. The molecule has 7 nitrogen and oxygen atoms in total. The SMILES string of the molecule is CCCCC(NC(=O)[C@H]1COCC(=O)N1Cc1ccccc1)C(=O)O. The Labute approximate surface area is 147 Å². The van der Waals surface area contributed by atoms with Gasteiger partial charge in [0.2, 0.25) is 11.8 Å². The van der Waals surface area contributed by atoms with E-state index in [1.807, 2.05) is 37.3 Å². The Kier molecular flexibility index (Phi) is 6.94. The molecule has 0 saturated carbocycles. The molecule has 1 unspecified atom stereocenters.